The molecule has 5 nitrogen and oxygen atoms in total. The number of aliphatic imine (C=N–C) groups is 1. The second-order valence-electron chi connectivity index (χ2n) is 5.64. The lowest BCUT2D eigenvalue weighted by molar-refractivity contribution is 0.694. The molecule has 2 aromatic heterocycles. The molecule has 3 aromatic rings. The summed E-state index contributed by atoms with van der Waals surface area (Å²) in [6.45, 7) is 2.43. The summed E-state index contributed by atoms with van der Waals surface area (Å²) in [4.78, 5) is 10.0. The second-order valence-corrected chi connectivity index (χ2v) is 6.67. The van der Waals surface area contributed by atoms with Gasteiger partial charge in [0.15, 0.2) is 5.96 Å². The zero-order valence-electron chi connectivity index (χ0n) is 14.8. The van der Waals surface area contributed by atoms with Crippen LogP contribution in [-0.4, -0.2) is 29.1 Å². The molecule has 0 spiro atoms. The highest BCUT2D eigenvalue weighted by Crippen LogP contribution is 2.07. The first kappa shape index (κ1) is 20.4. The van der Waals surface area contributed by atoms with Crippen molar-refractivity contribution in [2.45, 2.75) is 19.5 Å². The molecule has 0 bridgehead atoms. The van der Waals surface area contributed by atoms with Crippen LogP contribution >= 0.6 is 35.3 Å². The Labute approximate surface area is 175 Å². The Morgan fingerprint density at radius 1 is 1.15 bits per heavy atom. The SMILES string of the molecule is CN=C(NCCc1nccn1Cc1ccccc1)NCc1cccs1.I. The number of nitrogens with one attached hydrogen (secondary N) is 2. The first-order chi connectivity index (χ1) is 12.3. The molecule has 2 heterocycles. The molecular formula is C19H24IN5S. The van der Waals surface area contributed by atoms with E-state index in [1.165, 1.54) is 10.4 Å². The van der Waals surface area contributed by atoms with E-state index >= 15 is 0 Å². The summed E-state index contributed by atoms with van der Waals surface area (Å²) >= 11 is 1.74. The van der Waals surface area contributed by atoms with Crippen molar-refractivity contribution in [3.8, 4) is 0 Å². The van der Waals surface area contributed by atoms with Gasteiger partial charge in [-0.2, -0.15) is 0 Å². The van der Waals surface area contributed by atoms with E-state index in [0.29, 0.717) is 0 Å². The fourth-order valence-electron chi connectivity index (χ4n) is 2.59. The highest BCUT2D eigenvalue weighted by Gasteiger charge is 2.05. The Balaban J connectivity index is 0.00000243. The smallest absolute Gasteiger partial charge is 0.191 e. The van der Waals surface area contributed by atoms with Crippen molar-refractivity contribution >= 4 is 41.3 Å². The van der Waals surface area contributed by atoms with Crippen LogP contribution in [0.15, 0.2) is 65.2 Å². The van der Waals surface area contributed by atoms with Gasteiger partial charge in [0.1, 0.15) is 5.82 Å². The van der Waals surface area contributed by atoms with Crippen LogP contribution in [0.2, 0.25) is 0 Å². The lowest BCUT2D eigenvalue weighted by atomic mass is 10.2. The molecule has 0 amide bonds. The molecule has 0 aliphatic carbocycles. The van der Waals surface area contributed by atoms with Gasteiger partial charge >= 0.3 is 0 Å². The van der Waals surface area contributed by atoms with Crippen LogP contribution in [0, 0.1) is 0 Å². The number of halogens is 1. The van der Waals surface area contributed by atoms with Crippen LogP contribution in [0.1, 0.15) is 16.3 Å². The summed E-state index contributed by atoms with van der Waals surface area (Å²) in [5.74, 6) is 1.89. The molecule has 0 atom stereocenters. The largest absolute Gasteiger partial charge is 0.356 e. The molecule has 0 fully saturated rings. The highest BCUT2D eigenvalue weighted by atomic mass is 127. The van der Waals surface area contributed by atoms with Crippen LogP contribution in [-0.2, 0) is 19.5 Å². The Morgan fingerprint density at radius 2 is 2.00 bits per heavy atom. The Hall–Kier alpha value is -1.87. The molecule has 0 aliphatic rings. The molecule has 0 aliphatic heterocycles. The van der Waals surface area contributed by atoms with E-state index in [9.17, 15) is 0 Å². The maximum atomic E-state index is 4.49. The number of aromatic nitrogens is 2. The molecule has 3 rings (SSSR count). The maximum absolute atomic E-state index is 4.49. The van der Waals surface area contributed by atoms with Gasteiger partial charge in [0.25, 0.3) is 0 Å². The third kappa shape index (κ3) is 6.14. The summed E-state index contributed by atoms with van der Waals surface area (Å²) in [5, 5.41) is 8.76. The van der Waals surface area contributed by atoms with E-state index in [1.807, 2.05) is 18.5 Å². The number of nitrogens with zero attached hydrogens (tertiary/aromatic N) is 3. The van der Waals surface area contributed by atoms with Gasteiger partial charge in [-0.25, -0.2) is 4.98 Å². The van der Waals surface area contributed by atoms with Crippen molar-refractivity contribution in [3.05, 3.63) is 76.5 Å². The van der Waals surface area contributed by atoms with Crippen LogP contribution in [0.25, 0.3) is 0 Å². The average molecular weight is 481 g/mol. The predicted octanol–water partition coefficient (Wildman–Crippen LogP) is 3.52. The Kier molecular flexibility index (Phi) is 8.63. The average Bonchev–Trinajstić information content (AvgIpc) is 3.31. The number of guanidine groups is 1. The minimum absolute atomic E-state index is 0. The van der Waals surface area contributed by atoms with E-state index in [-0.39, 0.29) is 24.0 Å². The summed E-state index contributed by atoms with van der Waals surface area (Å²) < 4.78 is 2.19. The molecule has 26 heavy (non-hydrogen) atoms. The van der Waals surface area contributed by atoms with Crippen molar-refractivity contribution in [1.82, 2.24) is 20.2 Å². The van der Waals surface area contributed by atoms with Gasteiger partial charge in [-0.3, -0.25) is 4.99 Å². The zero-order valence-corrected chi connectivity index (χ0v) is 17.9. The van der Waals surface area contributed by atoms with E-state index in [2.05, 4.69) is 67.0 Å². The predicted molar refractivity (Wildman–Crippen MR) is 119 cm³/mol. The van der Waals surface area contributed by atoms with Crippen molar-refractivity contribution in [1.29, 1.82) is 0 Å². The Bertz CT molecular complexity index is 783. The molecule has 0 radical (unpaired) electrons. The monoisotopic (exact) mass is 481 g/mol. The minimum Gasteiger partial charge on any atom is -0.356 e. The summed E-state index contributed by atoms with van der Waals surface area (Å²) in [5.41, 5.74) is 1.28. The first-order valence-electron chi connectivity index (χ1n) is 8.36. The maximum Gasteiger partial charge on any atom is 0.191 e. The van der Waals surface area contributed by atoms with E-state index in [0.717, 1.165) is 37.8 Å². The van der Waals surface area contributed by atoms with Gasteiger partial charge < -0.3 is 15.2 Å². The Morgan fingerprint density at radius 3 is 2.73 bits per heavy atom. The number of hydrogen-bond donors (Lipinski definition) is 2. The quantitative estimate of drug-likeness (QED) is 0.309. The molecule has 138 valence electrons. The number of thiophene rings is 1. The van der Waals surface area contributed by atoms with Crippen molar-refractivity contribution in [3.63, 3.8) is 0 Å². The van der Waals surface area contributed by atoms with Crippen molar-refractivity contribution in [2.24, 2.45) is 4.99 Å². The van der Waals surface area contributed by atoms with E-state index in [4.69, 9.17) is 0 Å². The molecule has 7 heteroatoms. The van der Waals surface area contributed by atoms with Crippen molar-refractivity contribution < 1.29 is 0 Å². The number of hydrogen-bond acceptors (Lipinski definition) is 3. The van der Waals surface area contributed by atoms with Gasteiger partial charge in [-0.15, -0.1) is 35.3 Å². The van der Waals surface area contributed by atoms with Crippen molar-refractivity contribution in [2.75, 3.05) is 13.6 Å². The first-order valence-corrected chi connectivity index (χ1v) is 9.24. The summed E-state index contributed by atoms with van der Waals surface area (Å²) in [7, 11) is 1.79. The molecule has 0 saturated heterocycles. The summed E-state index contributed by atoms with van der Waals surface area (Å²) in [6.07, 6.45) is 4.74. The van der Waals surface area contributed by atoms with Gasteiger partial charge in [0.2, 0.25) is 0 Å². The van der Waals surface area contributed by atoms with Gasteiger partial charge in [0, 0.05) is 43.8 Å². The molecule has 1 aromatic carbocycles. The van der Waals surface area contributed by atoms with Gasteiger partial charge in [-0.05, 0) is 17.0 Å². The third-order valence-corrected chi connectivity index (χ3v) is 4.75. The van der Waals surface area contributed by atoms with Crippen LogP contribution in [0.4, 0.5) is 0 Å². The van der Waals surface area contributed by atoms with Gasteiger partial charge in [0.05, 0.1) is 6.54 Å². The topological polar surface area (TPSA) is 54.2 Å². The normalized spacial score (nSPS) is 11.0. The van der Waals surface area contributed by atoms with Crippen LogP contribution in [0.5, 0.6) is 0 Å². The molecule has 0 saturated carbocycles. The lowest BCUT2D eigenvalue weighted by Crippen LogP contribution is -2.37. The fourth-order valence-corrected chi connectivity index (χ4v) is 3.23. The summed E-state index contributed by atoms with van der Waals surface area (Å²) in [6, 6.07) is 14.6. The fraction of sp³-hybridized carbons (Fsp3) is 0.263. The number of imidazole rings is 1. The highest BCUT2D eigenvalue weighted by molar-refractivity contribution is 14.0. The number of rotatable bonds is 7. The number of benzene rings is 1. The second kappa shape index (κ2) is 11.0. The zero-order chi connectivity index (χ0) is 17.3. The third-order valence-electron chi connectivity index (χ3n) is 3.87. The molecule has 0 unspecified atom stereocenters. The van der Waals surface area contributed by atoms with Crippen LogP contribution < -0.4 is 10.6 Å². The van der Waals surface area contributed by atoms with E-state index in [1.54, 1.807) is 18.4 Å². The van der Waals surface area contributed by atoms with Crippen LogP contribution in [0.3, 0.4) is 0 Å². The lowest BCUT2D eigenvalue weighted by Gasteiger charge is -2.12. The van der Waals surface area contributed by atoms with Gasteiger partial charge in [-0.1, -0.05) is 36.4 Å². The molecular weight excluding hydrogens is 457 g/mol. The minimum atomic E-state index is 0. The standard InChI is InChI=1S/C19H23N5S.HI/c1-20-19(23-14-17-8-5-13-25-17)22-10-9-18-21-11-12-24(18)15-16-6-3-2-4-7-16;/h2-8,11-13H,9-10,14-15H2,1H3,(H2,20,22,23);1H. The molecule has 2 N–H and O–H groups in total. The van der Waals surface area contributed by atoms with E-state index < -0.39 is 0 Å².